The number of benzene rings is 1. The SMILES string of the molecule is COCC(=O)Oc1cc(Br)ccc1F. The molecular weight excluding hydrogens is 255 g/mol. The lowest BCUT2D eigenvalue weighted by atomic mass is 10.3. The van der Waals surface area contributed by atoms with Gasteiger partial charge in [0.25, 0.3) is 0 Å². The third-order valence-electron chi connectivity index (χ3n) is 1.38. The van der Waals surface area contributed by atoms with Gasteiger partial charge in [-0.05, 0) is 18.2 Å². The van der Waals surface area contributed by atoms with Crippen molar-refractivity contribution in [1.82, 2.24) is 0 Å². The van der Waals surface area contributed by atoms with Gasteiger partial charge in [-0.2, -0.15) is 0 Å². The van der Waals surface area contributed by atoms with Gasteiger partial charge >= 0.3 is 5.97 Å². The van der Waals surface area contributed by atoms with E-state index in [1.807, 2.05) is 0 Å². The highest BCUT2D eigenvalue weighted by atomic mass is 79.9. The molecule has 14 heavy (non-hydrogen) atoms. The van der Waals surface area contributed by atoms with Crippen molar-refractivity contribution in [3.05, 3.63) is 28.5 Å². The van der Waals surface area contributed by atoms with Gasteiger partial charge in [-0.3, -0.25) is 0 Å². The number of rotatable bonds is 3. The Hall–Kier alpha value is -0.940. The Kier molecular flexibility index (Phi) is 4.03. The summed E-state index contributed by atoms with van der Waals surface area (Å²) in [4.78, 5) is 10.9. The first-order valence-electron chi connectivity index (χ1n) is 3.78. The molecule has 0 amide bonds. The normalized spacial score (nSPS) is 9.93. The maximum Gasteiger partial charge on any atom is 0.337 e. The van der Waals surface area contributed by atoms with Crippen molar-refractivity contribution in [1.29, 1.82) is 0 Å². The van der Waals surface area contributed by atoms with Crippen LogP contribution in [0.3, 0.4) is 0 Å². The molecule has 0 radical (unpaired) electrons. The van der Waals surface area contributed by atoms with Crippen molar-refractivity contribution in [2.24, 2.45) is 0 Å². The highest BCUT2D eigenvalue weighted by Gasteiger charge is 2.09. The molecule has 0 spiro atoms. The van der Waals surface area contributed by atoms with Gasteiger partial charge in [0.15, 0.2) is 11.6 Å². The molecule has 5 heteroatoms. The Morgan fingerprint density at radius 1 is 1.57 bits per heavy atom. The van der Waals surface area contributed by atoms with E-state index in [4.69, 9.17) is 4.74 Å². The van der Waals surface area contributed by atoms with Gasteiger partial charge < -0.3 is 9.47 Å². The maximum atomic E-state index is 13.0. The smallest absolute Gasteiger partial charge is 0.337 e. The lowest BCUT2D eigenvalue weighted by Crippen LogP contribution is -2.14. The largest absolute Gasteiger partial charge is 0.422 e. The molecule has 1 rings (SSSR count). The van der Waals surface area contributed by atoms with Crippen LogP contribution in [0, 0.1) is 5.82 Å². The number of carbonyl (C=O) groups excluding carboxylic acids is 1. The molecular formula is C9H8BrFO3. The van der Waals surface area contributed by atoms with E-state index >= 15 is 0 Å². The van der Waals surface area contributed by atoms with E-state index in [-0.39, 0.29) is 12.4 Å². The van der Waals surface area contributed by atoms with Crippen molar-refractivity contribution in [2.75, 3.05) is 13.7 Å². The lowest BCUT2D eigenvalue weighted by Gasteiger charge is -2.04. The molecule has 0 aromatic heterocycles. The van der Waals surface area contributed by atoms with Gasteiger partial charge in [-0.15, -0.1) is 0 Å². The fourth-order valence-electron chi connectivity index (χ4n) is 0.825. The van der Waals surface area contributed by atoms with Crippen LogP contribution in [0.25, 0.3) is 0 Å². The molecule has 0 aliphatic heterocycles. The molecule has 0 fully saturated rings. The number of esters is 1. The Morgan fingerprint density at radius 2 is 2.29 bits per heavy atom. The number of carbonyl (C=O) groups is 1. The second-order valence-electron chi connectivity index (χ2n) is 2.48. The van der Waals surface area contributed by atoms with Crippen LogP contribution < -0.4 is 4.74 Å². The van der Waals surface area contributed by atoms with Crippen LogP contribution >= 0.6 is 15.9 Å². The van der Waals surface area contributed by atoms with Gasteiger partial charge in [0.1, 0.15) is 6.61 Å². The Balaban J connectivity index is 2.75. The number of ether oxygens (including phenoxy) is 2. The predicted octanol–water partition coefficient (Wildman–Crippen LogP) is 2.14. The van der Waals surface area contributed by atoms with Crippen molar-refractivity contribution >= 4 is 21.9 Å². The van der Waals surface area contributed by atoms with Crippen molar-refractivity contribution in [2.45, 2.75) is 0 Å². The molecule has 0 saturated carbocycles. The van der Waals surface area contributed by atoms with E-state index in [1.165, 1.54) is 25.3 Å². The minimum atomic E-state index is -0.635. The second kappa shape index (κ2) is 5.07. The number of methoxy groups -OCH3 is 1. The van der Waals surface area contributed by atoms with Gasteiger partial charge in [0, 0.05) is 11.6 Å². The summed E-state index contributed by atoms with van der Waals surface area (Å²) >= 11 is 3.14. The summed E-state index contributed by atoms with van der Waals surface area (Å²) in [6, 6.07) is 4.10. The summed E-state index contributed by atoms with van der Waals surface area (Å²) in [5, 5.41) is 0. The second-order valence-corrected chi connectivity index (χ2v) is 3.40. The zero-order valence-corrected chi connectivity index (χ0v) is 9.01. The Morgan fingerprint density at radius 3 is 2.93 bits per heavy atom. The fourth-order valence-corrected chi connectivity index (χ4v) is 1.17. The van der Waals surface area contributed by atoms with E-state index in [0.29, 0.717) is 4.47 Å². The summed E-state index contributed by atoms with van der Waals surface area (Å²) < 4.78 is 22.9. The minimum Gasteiger partial charge on any atom is -0.422 e. The third-order valence-corrected chi connectivity index (χ3v) is 1.87. The van der Waals surface area contributed by atoms with Gasteiger partial charge in [0.05, 0.1) is 0 Å². The van der Waals surface area contributed by atoms with Crippen LogP contribution in [-0.2, 0) is 9.53 Å². The van der Waals surface area contributed by atoms with Crippen molar-refractivity contribution in [3.63, 3.8) is 0 Å². The zero-order chi connectivity index (χ0) is 10.6. The van der Waals surface area contributed by atoms with Gasteiger partial charge in [-0.1, -0.05) is 15.9 Å². The van der Waals surface area contributed by atoms with Gasteiger partial charge in [0.2, 0.25) is 0 Å². The monoisotopic (exact) mass is 262 g/mol. The summed E-state index contributed by atoms with van der Waals surface area (Å²) in [6.45, 7) is -0.202. The summed E-state index contributed by atoms with van der Waals surface area (Å²) in [5.74, 6) is -1.33. The lowest BCUT2D eigenvalue weighted by molar-refractivity contribution is -0.138. The Bertz CT molecular complexity index is 341. The maximum absolute atomic E-state index is 13.0. The van der Waals surface area contributed by atoms with E-state index in [9.17, 15) is 9.18 Å². The van der Waals surface area contributed by atoms with E-state index < -0.39 is 11.8 Å². The molecule has 0 unspecified atom stereocenters. The van der Waals surface area contributed by atoms with E-state index in [1.54, 1.807) is 0 Å². The third kappa shape index (κ3) is 3.08. The van der Waals surface area contributed by atoms with Gasteiger partial charge in [-0.25, -0.2) is 9.18 Å². The van der Waals surface area contributed by atoms with Crippen LogP contribution in [0.2, 0.25) is 0 Å². The zero-order valence-electron chi connectivity index (χ0n) is 7.42. The molecule has 0 heterocycles. The average Bonchev–Trinajstić information content (AvgIpc) is 2.12. The highest BCUT2D eigenvalue weighted by Crippen LogP contribution is 2.22. The molecule has 3 nitrogen and oxygen atoms in total. The van der Waals surface area contributed by atoms with E-state index in [0.717, 1.165) is 0 Å². The molecule has 0 atom stereocenters. The fraction of sp³-hybridized carbons (Fsp3) is 0.222. The van der Waals surface area contributed by atoms with Crippen LogP contribution in [0.5, 0.6) is 5.75 Å². The highest BCUT2D eigenvalue weighted by molar-refractivity contribution is 9.10. The molecule has 0 N–H and O–H groups in total. The first-order chi connectivity index (χ1) is 6.63. The molecule has 0 aliphatic rings. The van der Waals surface area contributed by atoms with Crippen LogP contribution in [0.4, 0.5) is 4.39 Å². The van der Waals surface area contributed by atoms with Crippen molar-refractivity contribution < 1.29 is 18.7 Å². The molecule has 76 valence electrons. The van der Waals surface area contributed by atoms with Crippen LogP contribution in [0.1, 0.15) is 0 Å². The molecule has 0 saturated heterocycles. The summed E-state index contributed by atoms with van der Waals surface area (Å²) in [6.07, 6.45) is 0. The molecule has 0 bridgehead atoms. The van der Waals surface area contributed by atoms with E-state index in [2.05, 4.69) is 20.7 Å². The number of hydrogen-bond acceptors (Lipinski definition) is 3. The minimum absolute atomic E-state index is 0.110. The van der Waals surface area contributed by atoms with Crippen LogP contribution in [-0.4, -0.2) is 19.7 Å². The Labute approximate surface area is 88.9 Å². The first kappa shape index (κ1) is 11.1. The van der Waals surface area contributed by atoms with Crippen molar-refractivity contribution in [3.8, 4) is 5.75 Å². The quantitative estimate of drug-likeness (QED) is 0.619. The standard InChI is InChI=1S/C9H8BrFO3/c1-13-5-9(12)14-8-4-6(10)2-3-7(8)11/h2-4H,5H2,1H3. The molecule has 1 aromatic carbocycles. The molecule has 0 aliphatic carbocycles. The summed E-state index contributed by atoms with van der Waals surface area (Å²) in [7, 11) is 1.36. The average molecular weight is 263 g/mol. The first-order valence-corrected chi connectivity index (χ1v) is 4.57. The predicted molar refractivity (Wildman–Crippen MR) is 51.6 cm³/mol. The summed E-state index contributed by atoms with van der Waals surface area (Å²) in [5.41, 5.74) is 0. The molecule has 1 aromatic rings. The number of hydrogen-bond donors (Lipinski definition) is 0. The number of halogens is 2. The topological polar surface area (TPSA) is 35.5 Å². The van der Waals surface area contributed by atoms with Crippen LogP contribution in [0.15, 0.2) is 22.7 Å².